The number of unbranched alkanes of at least 4 members (excludes halogenated alkanes) is 1. The van der Waals surface area contributed by atoms with Gasteiger partial charge in [0.15, 0.2) is 6.61 Å². The van der Waals surface area contributed by atoms with Gasteiger partial charge in [0.05, 0.1) is 5.56 Å². The lowest BCUT2D eigenvalue weighted by atomic mass is 10.2. The quantitative estimate of drug-likeness (QED) is 0.814. The van der Waals surface area contributed by atoms with E-state index in [2.05, 4.69) is 22.4 Å². The molecule has 0 fully saturated rings. The van der Waals surface area contributed by atoms with E-state index in [0.717, 1.165) is 36.4 Å². The Morgan fingerprint density at radius 2 is 1.96 bits per heavy atom. The first kappa shape index (κ1) is 18.2. The molecular formula is C15H16F3N3O2S. The van der Waals surface area contributed by atoms with Gasteiger partial charge in [0.2, 0.25) is 5.13 Å². The Balaban J connectivity index is 1.81. The molecule has 0 spiro atoms. The van der Waals surface area contributed by atoms with Crippen LogP contribution in [0.25, 0.3) is 0 Å². The number of benzene rings is 1. The van der Waals surface area contributed by atoms with Crippen molar-refractivity contribution in [3.05, 3.63) is 34.8 Å². The fourth-order valence-electron chi connectivity index (χ4n) is 1.78. The van der Waals surface area contributed by atoms with E-state index < -0.39 is 17.6 Å². The third-order valence-electron chi connectivity index (χ3n) is 3.01. The number of carbonyl (C=O) groups excluding carboxylic acids is 1. The molecule has 1 heterocycles. The van der Waals surface area contributed by atoms with E-state index in [1.54, 1.807) is 0 Å². The molecule has 0 aliphatic carbocycles. The van der Waals surface area contributed by atoms with Gasteiger partial charge in [-0.1, -0.05) is 24.7 Å². The molecule has 0 saturated heterocycles. The second-order valence-corrected chi connectivity index (χ2v) is 6.03. The number of halogens is 3. The molecule has 130 valence electrons. The normalized spacial score (nSPS) is 11.3. The highest BCUT2D eigenvalue weighted by Gasteiger charge is 2.30. The van der Waals surface area contributed by atoms with E-state index in [0.29, 0.717) is 5.13 Å². The second-order valence-electron chi connectivity index (χ2n) is 4.96. The Kier molecular flexibility index (Phi) is 6.13. The van der Waals surface area contributed by atoms with Crippen molar-refractivity contribution in [2.75, 3.05) is 11.9 Å². The van der Waals surface area contributed by atoms with E-state index >= 15 is 0 Å². The summed E-state index contributed by atoms with van der Waals surface area (Å²) in [5.41, 5.74) is -0.771. The Morgan fingerprint density at radius 1 is 1.25 bits per heavy atom. The molecule has 5 nitrogen and oxygen atoms in total. The molecule has 0 saturated carbocycles. The summed E-state index contributed by atoms with van der Waals surface area (Å²) in [6.45, 7) is 1.75. The third-order valence-corrected chi connectivity index (χ3v) is 3.91. The summed E-state index contributed by atoms with van der Waals surface area (Å²) < 4.78 is 42.5. The van der Waals surface area contributed by atoms with Crippen LogP contribution < -0.4 is 10.1 Å². The zero-order chi connectivity index (χ0) is 17.6. The lowest BCUT2D eigenvalue weighted by molar-refractivity contribution is -0.137. The van der Waals surface area contributed by atoms with Crippen LogP contribution in [-0.2, 0) is 17.4 Å². The van der Waals surface area contributed by atoms with Gasteiger partial charge >= 0.3 is 6.18 Å². The fraction of sp³-hybridized carbons (Fsp3) is 0.400. The number of aryl methyl sites for hydroxylation is 1. The van der Waals surface area contributed by atoms with Crippen LogP contribution in [0, 0.1) is 0 Å². The van der Waals surface area contributed by atoms with Crippen molar-refractivity contribution in [3.8, 4) is 5.75 Å². The van der Waals surface area contributed by atoms with Crippen molar-refractivity contribution >= 4 is 22.4 Å². The maximum Gasteiger partial charge on any atom is 0.416 e. The molecular weight excluding hydrogens is 343 g/mol. The van der Waals surface area contributed by atoms with Crippen LogP contribution in [0.3, 0.4) is 0 Å². The minimum Gasteiger partial charge on any atom is -0.484 e. The number of nitrogens with zero attached hydrogens (tertiary/aromatic N) is 2. The van der Waals surface area contributed by atoms with Crippen LogP contribution in [0.5, 0.6) is 5.75 Å². The fourth-order valence-corrected chi connectivity index (χ4v) is 2.58. The van der Waals surface area contributed by atoms with Gasteiger partial charge in [0, 0.05) is 6.42 Å². The lowest BCUT2D eigenvalue weighted by Crippen LogP contribution is -2.20. The Bertz CT molecular complexity index is 671. The third kappa shape index (κ3) is 5.48. The minimum absolute atomic E-state index is 0.180. The molecule has 1 aromatic carbocycles. The standard InChI is InChI=1S/C15H16F3N3O2S/c1-2-3-4-13-20-21-14(24-13)19-12(22)9-23-11-7-5-10(6-8-11)15(16,17)18/h5-8H,2-4,9H2,1H3,(H,19,21,22). The molecule has 0 unspecified atom stereocenters. The Labute approximate surface area is 140 Å². The number of nitrogens with one attached hydrogen (secondary N) is 1. The summed E-state index contributed by atoms with van der Waals surface area (Å²) in [5, 5.41) is 11.6. The molecule has 0 atom stereocenters. The highest BCUT2D eigenvalue weighted by Crippen LogP contribution is 2.30. The van der Waals surface area contributed by atoms with Crippen molar-refractivity contribution < 1.29 is 22.7 Å². The predicted molar refractivity (Wildman–Crippen MR) is 84.1 cm³/mol. The van der Waals surface area contributed by atoms with Crippen LogP contribution in [-0.4, -0.2) is 22.7 Å². The molecule has 0 bridgehead atoms. The summed E-state index contributed by atoms with van der Waals surface area (Å²) in [7, 11) is 0. The van der Waals surface area contributed by atoms with E-state index in [1.807, 2.05) is 0 Å². The number of anilines is 1. The SMILES string of the molecule is CCCCc1nnc(NC(=O)COc2ccc(C(F)(F)F)cc2)s1. The molecule has 0 aliphatic heterocycles. The van der Waals surface area contributed by atoms with Gasteiger partial charge in [0.1, 0.15) is 10.8 Å². The highest BCUT2D eigenvalue weighted by molar-refractivity contribution is 7.15. The molecule has 0 aliphatic rings. The summed E-state index contributed by atoms with van der Waals surface area (Å²) in [6, 6.07) is 4.14. The first-order chi connectivity index (χ1) is 11.4. The van der Waals surface area contributed by atoms with Crippen LogP contribution in [0.2, 0.25) is 0 Å². The number of carbonyl (C=O) groups is 1. The summed E-state index contributed by atoms with van der Waals surface area (Å²) in [4.78, 5) is 11.8. The Morgan fingerprint density at radius 3 is 2.58 bits per heavy atom. The first-order valence-electron chi connectivity index (χ1n) is 7.30. The van der Waals surface area contributed by atoms with Crippen molar-refractivity contribution in [2.45, 2.75) is 32.4 Å². The van der Waals surface area contributed by atoms with Crippen LogP contribution in [0.4, 0.5) is 18.3 Å². The number of rotatable bonds is 7. The molecule has 9 heteroatoms. The van der Waals surface area contributed by atoms with Crippen molar-refractivity contribution in [1.29, 1.82) is 0 Å². The van der Waals surface area contributed by atoms with Crippen LogP contribution in [0.15, 0.2) is 24.3 Å². The van der Waals surface area contributed by atoms with Crippen LogP contribution in [0.1, 0.15) is 30.3 Å². The molecule has 1 aromatic heterocycles. The van der Waals surface area contributed by atoms with Gasteiger partial charge in [-0.05, 0) is 30.7 Å². The molecule has 1 amide bonds. The number of hydrogen-bond acceptors (Lipinski definition) is 5. The largest absolute Gasteiger partial charge is 0.484 e. The van der Waals surface area contributed by atoms with Gasteiger partial charge in [-0.15, -0.1) is 10.2 Å². The van der Waals surface area contributed by atoms with Crippen molar-refractivity contribution in [3.63, 3.8) is 0 Å². The molecule has 2 rings (SSSR count). The molecule has 24 heavy (non-hydrogen) atoms. The highest BCUT2D eigenvalue weighted by atomic mass is 32.1. The summed E-state index contributed by atoms with van der Waals surface area (Å²) in [5.74, 6) is -0.271. The molecule has 2 aromatic rings. The topological polar surface area (TPSA) is 64.1 Å². The zero-order valence-corrected chi connectivity index (χ0v) is 13.7. The Hall–Kier alpha value is -2.16. The van der Waals surface area contributed by atoms with Gasteiger partial charge in [-0.2, -0.15) is 13.2 Å². The van der Waals surface area contributed by atoms with E-state index in [9.17, 15) is 18.0 Å². The molecule has 1 N–H and O–H groups in total. The van der Waals surface area contributed by atoms with E-state index in [-0.39, 0.29) is 12.4 Å². The maximum absolute atomic E-state index is 12.4. The van der Waals surface area contributed by atoms with Crippen molar-refractivity contribution in [2.24, 2.45) is 0 Å². The van der Waals surface area contributed by atoms with Gasteiger partial charge in [-0.25, -0.2) is 0 Å². The van der Waals surface area contributed by atoms with Gasteiger partial charge in [-0.3, -0.25) is 10.1 Å². The minimum atomic E-state index is -4.40. The number of ether oxygens (including phenoxy) is 1. The van der Waals surface area contributed by atoms with Gasteiger partial charge < -0.3 is 4.74 Å². The summed E-state index contributed by atoms with van der Waals surface area (Å²) >= 11 is 1.29. The summed E-state index contributed by atoms with van der Waals surface area (Å²) in [6.07, 6.45) is -1.54. The lowest BCUT2D eigenvalue weighted by Gasteiger charge is -2.08. The number of amides is 1. The smallest absolute Gasteiger partial charge is 0.416 e. The zero-order valence-electron chi connectivity index (χ0n) is 12.9. The maximum atomic E-state index is 12.4. The van der Waals surface area contributed by atoms with Crippen molar-refractivity contribution in [1.82, 2.24) is 10.2 Å². The number of hydrogen-bond donors (Lipinski definition) is 1. The molecule has 0 radical (unpaired) electrons. The number of alkyl halides is 3. The van der Waals surface area contributed by atoms with Gasteiger partial charge in [0.25, 0.3) is 5.91 Å². The van der Waals surface area contributed by atoms with E-state index in [4.69, 9.17) is 4.74 Å². The second kappa shape index (κ2) is 8.09. The first-order valence-corrected chi connectivity index (χ1v) is 8.12. The van der Waals surface area contributed by atoms with E-state index in [1.165, 1.54) is 23.5 Å². The monoisotopic (exact) mass is 359 g/mol. The average molecular weight is 359 g/mol. The predicted octanol–water partition coefficient (Wildman–Crippen LogP) is 3.92. The van der Waals surface area contributed by atoms with Crippen LogP contribution >= 0.6 is 11.3 Å². The average Bonchev–Trinajstić information content (AvgIpc) is 2.98. The number of aromatic nitrogens is 2.